The lowest BCUT2D eigenvalue weighted by molar-refractivity contribution is 0.186. The predicted octanol–water partition coefficient (Wildman–Crippen LogP) is 0.570. The van der Waals surface area contributed by atoms with Crippen LogP contribution in [0.25, 0.3) is 0 Å². The topological polar surface area (TPSA) is 124 Å². The lowest BCUT2D eigenvalue weighted by Gasteiger charge is -1.99. The molecule has 4 N–H and O–H groups in total. The molecule has 0 spiro atoms. The van der Waals surface area contributed by atoms with Crippen molar-refractivity contribution in [2.45, 2.75) is 0 Å². The van der Waals surface area contributed by atoms with Crippen molar-refractivity contribution < 1.29 is 32.5 Å². The zero-order valence-electron chi connectivity index (χ0n) is 10.2. The normalized spacial score (nSPS) is 9.26. The monoisotopic (exact) mass is 294 g/mol. The van der Waals surface area contributed by atoms with Crippen LogP contribution in [0, 0.1) is 0 Å². The Morgan fingerprint density at radius 1 is 1.11 bits per heavy atom. The zero-order valence-corrected chi connectivity index (χ0v) is 11.0. The third kappa shape index (κ3) is 26.3. The van der Waals surface area contributed by atoms with Gasteiger partial charge in [-0.2, -0.15) is 8.42 Å². The van der Waals surface area contributed by atoms with Crippen LogP contribution in [0.1, 0.15) is 0 Å². The van der Waals surface area contributed by atoms with E-state index in [9.17, 15) is 0 Å². The van der Waals surface area contributed by atoms with Crippen molar-refractivity contribution in [3.05, 3.63) is 43.0 Å². The van der Waals surface area contributed by atoms with Crippen LogP contribution in [0.2, 0.25) is 0 Å². The number of para-hydroxylation sites is 1. The van der Waals surface area contributed by atoms with Gasteiger partial charge >= 0.3 is 10.4 Å². The van der Waals surface area contributed by atoms with Gasteiger partial charge in [0.15, 0.2) is 0 Å². The first-order chi connectivity index (χ1) is 8.85. The van der Waals surface area contributed by atoms with Crippen molar-refractivity contribution in [1.29, 1.82) is 0 Å². The summed E-state index contributed by atoms with van der Waals surface area (Å²) in [5.74, 6) is 0.891. The number of hydrogen-bond donors (Lipinski definition) is 4. The molecule has 0 heterocycles. The van der Waals surface area contributed by atoms with E-state index in [0.29, 0.717) is 6.61 Å². The number of aliphatic hydroxyl groups is 2. The molecular weight excluding hydrogens is 276 g/mol. The highest BCUT2D eigenvalue weighted by molar-refractivity contribution is 7.79. The lowest BCUT2D eigenvalue weighted by Crippen LogP contribution is -1.91. The van der Waals surface area contributed by atoms with Gasteiger partial charge in [0.05, 0.1) is 13.2 Å². The Kier molecular flexibility index (Phi) is 13.6. The van der Waals surface area contributed by atoms with E-state index in [1.165, 1.54) is 0 Å². The highest BCUT2D eigenvalue weighted by Gasteiger charge is 1.85. The summed E-state index contributed by atoms with van der Waals surface area (Å²) >= 11 is 0. The van der Waals surface area contributed by atoms with Gasteiger partial charge in [-0.05, 0) is 12.1 Å². The Bertz CT molecular complexity index is 392. The smallest absolute Gasteiger partial charge is 0.394 e. The molecule has 0 aromatic heterocycles. The van der Waals surface area contributed by atoms with Crippen molar-refractivity contribution in [3.8, 4) is 5.75 Å². The Balaban J connectivity index is 0. The minimum Gasteiger partial charge on any atom is -0.490 e. The predicted molar refractivity (Wildman–Crippen MR) is 70.5 cm³/mol. The Morgan fingerprint density at radius 3 is 1.84 bits per heavy atom. The number of hydrogen-bond acceptors (Lipinski definition) is 5. The lowest BCUT2D eigenvalue weighted by atomic mass is 10.3. The second-order valence-corrected chi connectivity index (χ2v) is 3.70. The van der Waals surface area contributed by atoms with E-state index >= 15 is 0 Å². The van der Waals surface area contributed by atoms with Crippen LogP contribution in [0.15, 0.2) is 43.0 Å². The highest BCUT2D eigenvalue weighted by atomic mass is 32.3. The molecule has 0 bridgehead atoms. The average Bonchev–Trinajstić information content (AvgIpc) is 2.36. The molecule has 110 valence electrons. The molecule has 0 aliphatic carbocycles. The molecule has 0 atom stereocenters. The van der Waals surface area contributed by atoms with Crippen molar-refractivity contribution in [3.63, 3.8) is 0 Å². The summed E-state index contributed by atoms with van der Waals surface area (Å²) in [6.07, 6.45) is 1.73. The average molecular weight is 294 g/mol. The van der Waals surface area contributed by atoms with Crippen LogP contribution in [0.3, 0.4) is 0 Å². The van der Waals surface area contributed by atoms with Crippen LogP contribution in [0.4, 0.5) is 0 Å². The van der Waals surface area contributed by atoms with Crippen LogP contribution in [-0.4, -0.2) is 47.6 Å². The first kappa shape index (κ1) is 19.9. The molecule has 0 aliphatic rings. The first-order valence-corrected chi connectivity index (χ1v) is 6.45. The molecule has 0 saturated carbocycles. The molecule has 1 aromatic carbocycles. The molecule has 1 rings (SSSR count). The van der Waals surface area contributed by atoms with E-state index in [0.717, 1.165) is 5.75 Å². The maximum absolute atomic E-state index is 8.74. The maximum Gasteiger partial charge on any atom is 0.394 e. The van der Waals surface area contributed by atoms with Gasteiger partial charge in [0, 0.05) is 0 Å². The van der Waals surface area contributed by atoms with Crippen LogP contribution in [0.5, 0.6) is 5.75 Å². The standard InChI is InChI=1S/C9H10O.C2H6O2.H2O4S/c1-2-8-10-9-6-4-3-5-7-9;3-1-2-4;1-5(2,3)4/h2-7H,1,8H2;3-4H,1-2H2;(H2,1,2,3,4). The Morgan fingerprint density at radius 2 is 1.53 bits per heavy atom. The molecule has 0 aliphatic heterocycles. The van der Waals surface area contributed by atoms with Gasteiger partial charge in [-0.25, -0.2) is 0 Å². The fourth-order valence-corrected chi connectivity index (χ4v) is 0.672. The summed E-state index contributed by atoms with van der Waals surface area (Å²) in [5.41, 5.74) is 0. The van der Waals surface area contributed by atoms with Crippen molar-refractivity contribution >= 4 is 10.4 Å². The molecule has 8 heteroatoms. The van der Waals surface area contributed by atoms with Crippen LogP contribution < -0.4 is 4.74 Å². The van der Waals surface area contributed by atoms with Crippen molar-refractivity contribution in [2.24, 2.45) is 0 Å². The number of aliphatic hydroxyl groups excluding tert-OH is 2. The summed E-state index contributed by atoms with van der Waals surface area (Å²) in [5, 5.41) is 15.2. The van der Waals surface area contributed by atoms with Gasteiger partial charge in [-0.15, -0.1) is 0 Å². The number of ether oxygens (including phenoxy) is 1. The third-order valence-electron chi connectivity index (χ3n) is 1.21. The van der Waals surface area contributed by atoms with Gasteiger partial charge in [0.25, 0.3) is 0 Å². The second-order valence-electron chi connectivity index (χ2n) is 2.81. The second kappa shape index (κ2) is 13.0. The van der Waals surface area contributed by atoms with Gasteiger partial charge in [-0.1, -0.05) is 30.9 Å². The molecule has 0 saturated heterocycles. The molecule has 0 fully saturated rings. The molecule has 1 aromatic rings. The number of rotatable bonds is 4. The van der Waals surface area contributed by atoms with E-state index < -0.39 is 10.4 Å². The number of benzene rings is 1. The van der Waals surface area contributed by atoms with E-state index in [1.807, 2.05) is 30.3 Å². The molecule has 0 amide bonds. The fraction of sp³-hybridized carbons (Fsp3) is 0.273. The molecular formula is C11H18O7S. The Hall–Kier alpha value is -1.45. The third-order valence-corrected chi connectivity index (χ3v) is 1.21. The maximum atomic E-state index is 8.74. The molecule has 0 radical (unpaired) electrons. The molecule has 19 heavy (non-hydrogen) atoms. The van der Waals surface area contributed by atoms with E-state index in [-0.39, 0.29) is 13.2 Å². The van der Waals surface area contributed by atoms with E-state index in [4.69, 9.17) is 32.5 Å². The van der Waals surface area contributed by atoms with Gasteiger partial charge in [0.2, 0.25) is 0 Å². The quantitative estimate of drug-likeness (QED) is 0.472. The fourth-order valence-electron chi connectivity index (χ4n) is 0.672. The summed E-state index contributed by atoms with van der Waals surface area (Å²) in [6, 6.07) is 9.69. The summed E-state index contributed by atoms with van der Waals surface area (Å²) in [6.45, 7) is 3.87. The van der Waals surface area contributed by atoms with Gasteiger partial charge in [-0.3, -0.25) is 9.11 Å². The van der Waals surface area contributed by atoms with Crippen LogP contribution >= 0.6 is 0 Å². The molecule has 0 unspecified atom stereocenters. The van der Waals surface area contributed by atoms with Crippen molar-refractivity contribution in [2.75, 3.05) is 19.8 Å². The van der Waals surface area contributed by atoms with Crippen LogP contribution in [-0.2, 0) is 10.4 Å². The summed E-state index contributed by atoms with van der Waals surface area (Å²) in [4.78, 5) is 0. The van der Waals surface area contributed by atoms with E-state index in [1.54, 1.807) is 6.08 Å². The zero-order chi connectivity index (χ0) is 15.1. The van der Waals surface area contributed by atoms with Crippen molar-refractivity contribution in [1.82, 2.24) is 0 Å². The summed E-state index contributed by atoms with van der Waals surface area (Å²) < 4.78 is 36.8. The van der Waals surface area contributed by atoms with E-state index in [2.05, 4.69) is 6.58 Å². The van der Waals surface area contributed by atoms with Gasteiger partial charge < -0.3 is 14.9 Å². The minimum atomic E-state index is -4.67. The highest BCUT2D eigenvalue weighted by Crippen LogP contribution is 2.07. The summed E-state index contributed by atoms with van der Waals surface area (Å²) in [7, 11) is -4.67. The van der Waals surface area contributed by atoms with Gasteiger partial charge in [0.1, 0.15) is 12.4 Å². The Labute approximate surface area is 112 Å². The SMILES string of the molecule is C=CCOc1ccccc1.O=S(=O)(O)O.OCCO. The minimum absolute atomic E-state index is 0.125. The molecule has 7 nitrogen and oxygen atoms in total. The first-order valence-electron chi connectivity index (χ1n) is 5.05. The largest absolute Gasteiger partial charge is 0.490 e.